The van der Waals surface area contributed by atoms with Gasteiger partial charge < -0.3 is 15.8 Å². The largest absolute Gasteiger partial charge is 0.496 e. The molecule has 0 heterocycles. The summed E-state index contributed by atoms with van der Waals surface area (Å²) in [5.41, 5.74) is 7.79. The Hall–Kier alpha value is -2.04. The molecule has 2 rings (SSSR count). The molecule has 0 fully saturated rings. The normalized spacial score (nSPS) is 14.0. The Morgan fingerprint density at radius 1 is 1.04 bits per heavy atom. The maximum atomic E-state index is 12.5. The number of carbonyl (C=O) groups excluding carboxylic acids is 1. The van der Waals surface area contributed by atoms with E-state index in [4.69, 9.17) is 10.5 Å². The van der Waals surface area contributed by atoms with E-state index in [1.807, 2.05) is 68.4 Å². The zero-order chi connectivity index (χ0) is 16.8. The second kappa shape index (κ2) is 9.30. The van der Waals surface area contributed by atoms with E-state index >= 15 is 0 Å². The number of ether oxygens (including phenoxy) is 1. The number of carbonyl (C=O) groups is 1. The van der Waals surface area contributed by atoms with Crippen molar-refractivity contribution in [1.82, 2.24) is 5.32 Å². The van der Waals surface area contributed by atoms with Crippen molar-refractivity contribution in [3.63, 3.8) is 0 Å². The van der Waals surface area contributed by atoms with Crippen molar-refractivity contribution in [2.24, 2.45) is 11.7 Å². The molecule has 2 aromatic carbocycles. The SMILES string of the molecule is COc1ccccc1C(NC(=O)C(C)C(C)N)c1ccccc1.Cl. The van der Waals surface area contributed by atoms with Crippen LogP contribution in [0, 0.1) is 5.92 Å². The number of amides is 1. The number of para-hydroxylation sites is 1. The number of benzene rings is 2. The minimum Gasteiger partial charge on any atom is -0.496 e. The molecular weight excluding hydrogens is 324 g/mol. The van der Waals surface area contributed by atoms with Crippen molar-refractivity contribution in [3.05, 3.63) is 65.7 Å². The molecule has 0 saturated carbocycles. The predicted molar refractivity (Wildman–Crippen MR) is 99.5 cm³/mol. The van der Waals surface area contributed by atoms with Gasteiger partial charge in [-0.1, -0.05) is 55.5 Å². The molecule has 3 N–H and O–H groups in total. The van der Waals surface area contributed by atoms with Gasteiger partial charge in [-0.3, -0.25) is 4.79 Å². The lowest BCUT2D eigenvalue weighted by atomic mass is 9.96. The highest BCUT2D eigenvalue weighted by molar-refractivity contribution is 5.85. The van der Waals surface area contributed by atoms with Gasteiger partial charge in [-0.2, -0.15) is 0 Å². The van der Waals surface area contributed by atoms with Gasteiger partial charge >= 0.3 is 0 Å². The zero-order valence-corrected chi connectivity index (χ0v) is 15.0. The highest BCUT2D eigenvalue weighted by atomic mass is 35.5. The Kier molecular flexibility index (Phi) is 7.75. The fraction of sp³-hybridized carbons (Fsp3) is 0.316. The fourth-order valence-corrected chi connectivity index (χ4v) is 2.40. The smallest absolute Gasteiger partial charge is 0.225 e. The summed E-state index contributed by atoms with van der Waals surface area (Å²) in [6, 6.07) is 17.1. The summed E-state index contributed by atoms with van der Waals surface area (Å²) in [5, 5.41) is 3.11. The van der Waals surface area contributed by atoms with Crippen molar-refractivity contribution in [3.8, 4) is 5.75 Å². The number of hydrogen-bond acceptors (Lipinski definition) is 3. The lowest BCUT2D eigenvalue weighted by molar-refractivity contribution is -0.125. The molecule has 2 aromatic rings. The van der Waals surface area contributed by atoms with Gasteiger partial charge in [0.2, 0.25) is 5.91 Å². The summed E-state index contributed by atoms with van der Waals surface area (Å²) < 4.78 is 5.46. The highest BCUT2D eigenvalue weighted by Crippen LogP contribution is 2.30. The van der Waals surface area contributed by atoms with E-state index in [9.17, 15) is 4.79 Å². The molecule has 3 unspecified atom stereocenters. The van der Waals surface area contributed by atoms with Crippen LogP contribution in [0.3, 0.4) is 0 Å². The Balaban J connectivity index is 0.00000288. The first kappa shape index (κ1) is 20.0. The first-order valence-electron chi connectivity index (χ1n) is 7.78. The van der Waals surface area contributed by atoms with Gasteiger partial charge in [0, 0.05) is 17.5 Å². The van der Waals surface area contributed by atoms with Gasteiger partial charge in [0.1, 0.15) is 5.75 Å². The molecule has 1 amide bonds. The molecule has 4 nitrogen and oxygen atoms in total. The molecule has 0 radical (unpaired) electrons. The Labute approximate surface area is 149 Å². The van der Waals surface area contributed by atoms with Crippen molar-refractivity contribution in [2.75, 3.05) is 7.11 Å². The molecule has 0 aliphatic rings. The zero-order valence-electron chi connectivity index (χ0n) is 14.2. The summed E-state index contributed by atoms with van der Waals surface area (Å²) in [6.45, 7) is 3.68. The number of methoxy groups -OCH3 is 1. The lowest BCUT2D eigenvalue weighted by Gasteiger charge is -2.24. The van der Waals surface area contributed by atoms with E-state index in [1.54, 1.807) is 7.11 Å². The van der Waals surface area contributed by atoms with Gasteiger partial charge in [0.05, 0.1) is 13.2 Å². The van der Waals surface area contributed by atoms with Crippen LogP contribution in [-0.4, -0.2) is 19.1 Å². The maximum absolute atomic E-state index is 12.5. The molecule has 0 aliphatic heterocycles. The first-order valence-corrected chi connectivity index (χ1v) is 7.78. The summed E-state index contributed by atoms with van der Waals surface area (Å²) >= 11 is 0. The fourth-order valence-electron chi connectivity index (χ4n) is 2.40. The average Bonchev–Trinajstić information content (AvgIpc) is 2.59. The second-order valence-corrected chi connectivity index (χ2v) is 5.74. The van der Waals surface area contributed by atoms with Crippen LogP contribution in [0.1, 0.15) is 31.0 Å². The number of halogens is 1. The van der Waals surface area contributed by atoms with Gasteiger partial charge in [-0.05, 0) is 18.6 Å². The monoisotopic (exact) mass is 348 g/mol. The number of hydrogen-bond donors (Lipinski definition) is 2. The number of nitrogens with one attached hydrogen (secondary N) is 1. The minimum absolute atomic E-state index is 0. The topological polar surface area (TPSA) is 64.3 Å². The van der Waals surface area contributed by atoms with E-state index in [0.29, 0.717) is 0 Å². The van der Waals surface area contributed by atoms with Crippen molar-refractivity contribution < 1.29 is 9.53 Å². The van der Waals surface area contributed by atoms with E-state index in [0.717, 1.165) is 16.9 Å². The van der Waals surface area contributed by atoms with Crippen LogP contribution in [0.5, 0.6) is 5.75 Å². The third-order valence-corrected chi connectivity index (χ3v) is 4.07. The highest BCUT2D eigenvalue weighted by Gasteiger charge is 2.24. The molecule has 130 valence electrons. The van der Waals surface area contributed by atoms with E-state index < -0.39 is 0 Å². The second-order valence-electron chi connectivity index (χ2n) is 5.74. The summed E-state index contributed by atoms with van der Waals surface area (Å²) in [4.78, 5) is 12.5. The van der Waals surface area contributed by atoms with E-state index in [2.05, 4.69) is 5.32 Å². The first-order chi connectivity index (χ1) is 11.0. The van der Waals surface area contributed by atoms with Crippen molar-refractivity contribution >= 4 is 18.3 Å². The standard InChI is InChI=1S/C19H24N2O2.ClH/c1-13(14(2)20)19(22)21-18(15-9-5-4-6-10-15)16-11-7-8-12-17(16)23-3;/h4-14,18H,20H2,1-3H3,(H,21,22);1H. The van der Waals surface area contributed by atoms with Gasteiger partial charge in [0.25, 0.3) is 0 Å². The van der Waals surface area contributed by atoms with Crippen LogP contribution in [-0.2, 0) is 4.79 Å². The summed E-state index contributed by atoms with van der Waals surface area (Å²) in [7, 11) is 1.63. The van der Waals surface area contributed by atoms with Crippen LogP contribution >= 0.6 is 12.4 Å². The molecule has 0 saturated heterocycles. The Morgan fingerprint density at radius 2 is 1.62 bits per heavy atom. The van der Waals surface area contributed by atoms with Gasteiger partial charge in [-0.25, -0.2) is 0 Å². The quantitative estimate of drug-likeness (QED) is 0.841. The number of nitrogens with two attached hydrogens (primary N) is 1. The molecule has 0 aromatic heterocycles. The van der Waals surface area contributed by atoms with Crippen LogP contribution in [0.15, 0.2) is 54.6 Å². The van der Waals surface area contributed by atoms with Crippen LogP contribution in [0.2, 0.25) is 0 Å². The molecule has 0 aliphatic carbocycles. The third kappa shape index (κ3) is 4.73. The van der Waals surface area contributed by atoms with Crippen LogP contribution in [0.4, 0.5) is 0 Å². The van der Waals surface area contributed by atoms with Crippen LogP contribution < -0.4 is 15.8 Å². The Bertz CT molecular complexity index is 647. The molecule has 0 spiro atoms. The summed E-state index contributed by atoms with van der Waals surface area (Å²) in [6.07, 6.45) is 0. The van der Waals surface area contributed by atoms with Gasteiger partial charge in [0.15, 0.2) is 0 Å². The van der Waals surface area contributed by atoms with Gasteiger partial charge in [-0.15, -0.1) is 12.4 Å². The minimum atomic E-state index is -0.277. The maximum Gasteiger partial charge on any atom is 0.225 e. The van der Waals surface area contributed by atoms with E-state index in [1.165, 1.54) is 0 Å². The van der Waals surface area contributed by atoms with Crippen LogP contribution in [0.25, 0.3) is 0 Å². The third-order valence-electron chi connectivity index (χ3n) is 4.07. The summed E-state index contributed by atoms with van der Waals surface area (Å²) in [5.74, 6) is 0.408. The van der Waals surface area contributed by atoms with Crippen molar-refractivity contribution in [2.45, 2.75) is 25.9 Å². The average molecular weight is 349 g/mol. The molecule has 3 atom stereocenters. The predicted octanol–water partition coefficient (Wildman–Crippen LogP) is 3.31. The molecule has 0 bridgehead atoms. The number of rotatable bonds is 6. The molecule has 24 heavy (non-hydrogen) atoms. The molecular formula is C19H25ClN2O2. The molecule has 5 heteroatoms. The Morgan fingerprint density at radius 3 is 2.21 bits per heavy atom. The van der Waals surface area contributed by atoms with E-state index in [-0.39, 0.29) is 36.3 Å². The van der Waals surface area contributed by atoms with Crippen molar-refractivity contribution in [1.29, 1.82) is 0 Å². The lowest BCUT2D eigenvalue weighted by Crippen LogP contribution is -2.40.